The quantitative estimate of drug-likeness (QED) is 0.456. The van der Waals surface area contributed by atoms with Crippen molar-refractivity contribution < 1.29 is 27.9 Å². The van der Waals surface area contributed by atoms with Gasteiger partial charge in [0.05, 0.1) is 28.6 Å². The van der Waals surface area contributed by atoms with E-state index in [2.05, 4.69) is 4.85 Å². The van der Waals surface area contributed by atoms with Crippen molar-refractivity contribution in [3.8, 4) is 0 Å². The second-order valence-electron chi connectivity index (χ2n) is 7.29. The molecular formula is C21H21NO6S. The maximum Gasteiger partial charge on any atom is 0.336 e. The van der Waals surface area contributed by atoms with Crippen LogP contribution in [0.15, 0.2) is 52.6 Å². The molecule has 7 nitrogen and oxygen atoms in total. The van der Waals surface area contributed by atoms with Crippen molar-refractivity contribution in [1.29, 1.82) is 0 Å². The molecule has 0 aliphatic carbocycles. The van der Waals surface area contributed by atoms with Gasteiger partial charge in [-0.05, 0) is 47.8 Å². The number of ether oxygens (including phenoxy) is 1. The summed E-state index contributed by atoms with van der Waals surface area (Å²) in [5.41, 5.74) is -0.709. The van der Waals surface area contributed by atoms with Crippen molar-refractivity contribution in [3.63, 3.8) is 0 Å². The van der Waals surface area contributed by atoms with E-state index in [1.807, 2.05) is 0 Å². The first-order chi connectivity index (χ1) is 13.4. The Morgan fingerprint density at radius 3 is 2.17 bits per heavy atom. The van der Waals surface area contributed by atoms with E-state index in [0.717, 1.165) is 0 Å². The van der Waals surface area contributed by atoms with Gasteiger partial charge in [0, 0.05) is 0 Å². The molecule has 152 valence electrons. The lowest BCUT2D eigenvalue weighted by Gasteiger charge is -2.27. The predicted molar refractivity (Wildman–Crippen MR) is 108 cm³/mol. The molecule has 0 fully saturated rings. The number of carbonyl (C=O) groups excluding carboxylic acids is 1. The third kappa shape index (κ3) is 4.46. The molecule has 0 saturated heterocycles. The van der Waals surface area contributed by atoms with Gasteiger partial charge < -0.3 is 9.84 Å². The number of hydrogen-bond donors (Lipinski definition) is 1. The van der Waals surface area contributed by atoms with Crippen LogP contribution in [0.2, 0.25) is 0 Å². The second-order valence-corrected chi connectivity index (χ2v) is 9.18. The van der Waals surface area contributed by atoms with Gasteiger partial charge in [-0.1, -0.05) is 32.9 Å². The van der Waals surface area contributed by atoms with Crippen LogP contribution in [0.4, 0.5) is 0 Å². The van der Waals surface area contributed by atoms with Crippen LogP contribution in [0.3, 0.4) is 0 Å². The summed E-state index contributed by atoms with van der Waals surface area (Å²) in [5, 5.41) is 9.06. The molecule has 1 N–H and O–H groups in total. The Kier molecular flexibility index (Phi) is 6.14. The molecule has 0 saturated carbocycles. The molecule has 2 rings (SSSR count). The number of hydrogen-bond acceptors (Lipinski definition) is 5. The Bertz CT molecular complexity index is 1090. The highest BCUT2D eigenvalue weighted by molar-refractivity contribution is 8.04. The molecule has 0 bridgehead atoms. The van der Waals surface area contributed by atoms with Gasteiger partial charge in [0.15, 0.2) is 0 Å². The van der Waals surface area contributed by atoms with Crippen LogP contribution in [-0.2, 0) is 19.4 Å². The average molecular weight is 415 g/mol. The first-order valence-corrected chi connectivity index (χ1v) is 10.2. The minimum absolute atomic E-state index is 0.0123. The zero-order valence-electron chi connectivity index (χ0n) is 16.5. The fourth-order valence-corrected chi connectivity index (χ4v) is 4.85. The van der Waals surface area contributed by atoms with Crippen molar-refractivity contribution in [2.24, 2.45) is 5.41 Å². The molecule has 1 heterocycles. The number of allylic oxidation sites excluding steroid dienone is 4. The average Bonchev–Trinajstić information content (AvgIpc) is 2.62. The van der Waals surface area contributed by atoms with Crippen LogP contribution in [0, 0.1) is 12.0 Å². The van der Waals surface area contributed by atoms with E-state index >= 15 is 0 Å². The normalized spacial score (nSPS) is 17.5. The highest BCUT2D eigenvalue weighted by atomic mass is 32.2. The van der Waals surface area contributed by atoms with Gasteiger partial charge in [-0.25, -0.2) is 18.1 Å². The largest absolute Gasteiger partial charge is 0.478 e. The minimum Gasteiger partial charge on any atom is -0.478 e. The fraction of sp³-hybridized carbons (Fsp3) is 0.286. The van der Waals surface area contributed by atoms with Crippen molar-refractivity contribution in [2.45, 2.75) is 27.7 Å². The number of nitrogens with zero attached hydrogens (tertiary/aromatic N) is 1. The minimum atomic E-state index is -3.94. The van der Waals surface area contributed by atoms with Gasteiger partial charge in [0.2, 0.25) is 9.84 Å². The van der Waals surface area contributed by atoms with Gasteiger partial charge in [0.1, 0.15) is 0 Å². The van der Waals surface area contributed by atoms with Crippen molar-refractivity contribution >= 4 is 26.7 Å². The highest BCUT2D eigenvalue weighted by Crippen LogP contribution is 2.42. The standard InChI is InChI=1S/C21H21NO6S/c1-6-28-20(25)18(22-5)15-11-16(13-7-9-14(10-8-13)19(23)24)29(26,27)17(12-15)21(2,3)4/h7-12H,6H2,1-4H3,(H,23,24)/b18-15-. The lowest BCUT2D eigenvalue weighted by atomic mass is 9.93. The van der Waals surface area contributed by atoms with E-state index in [-0.39, 0.29) is 38.8 Å². The first-order valence-electron chi connectivity index (χ1n) is 8.75. The number of carbonyl (C=O) groups is 2. The molecule has 1 aliphatic rings. The van der Waals surface area contributed by atoms with Gasteiger partial charge in [-0.2, -0.15) is 0 Å². The smallest absolute Gasteiger partial charge is 0.336 e. The molecule has 0 amide bonds. The number of aromatic carboxylic acids is 1. The molecule has 0 aromatic heterocycles. The Morgan fingerprint density at radius 2 is 1.72 bits per heavy atom. The lowest BCUT2D eigenvalue weighted by Crippen LogP contribution is -2.22. The molecule has 1 aromatic carbocycles. The molecule has 8 heteroatoms. The van der Waals surface area contributed by atoms with E-state index in [1.165, 1.54) is 36.4 Å². The van der Waals surface area contributed by atoms with Crippen LogP contribution >= 0.6 is 0 Å². The van der Waals surface area contributed by atoms with Crippen molar-refractivity contribution in [1.82, 2.24) is 0 Å². The zero-order chi connectivity index (χ0) is 22.0. The highest BCUT2D eigenvalue weighted by Gasteiger charge is 2.36. The molecule has 1 aromatic rings. The number of rotatable bonds is 4. The number of esters is 1. The Morgan fingerprint density at radius 1 is 1.14 bits per heavy atom. The predicted octanol–water partition coefficient (Wildman–Crippen LogP) is 3.82. The maximum absolute atomic E-state index is 13.3. The second kappa shape index (κ2) is 8.05. The van der Waals surface area contributed by atoms with E-state index in [9.17, 15) is 18.0 Å². The summed E-state index contributed by atoms with van der Waals surface area (Å²) in [4.78, 5) is 26.5. The molecule has 29 heavy (non-hydrogen) atoms. The molecule has 0 spiro atoms. The van der Waals surface area contributed by atoms with E-state index in [0.29, 0.717) is 0 Å². The number of sulfone groups is 1. The molecule has 0 atom stereocenters. The van der Waals surface area contributed by atoms with E-state index in [1.54, 1.807) is 27.7 Å². The molecule has 0 radical (unpaired) electrons. The van der Waals surface area contributed by atoms with E-state index in [4.69, 9.17) is 16.4 Å². The SMILES string of the molecule is [C-]#[N+]/C(C(=O)OCC)=C1/C=C(c2ccc(C(=O)O)cc2)S(=O)(=O)C(C(C)(C)C)=C1. The fourth-order valence-electron chi connectivity index (χ4n) is 2.80. The topological polar surface area (TPSA) is 102 Å². The summed E-state index contributed by atoms with van der Waals surface area (Å²) < 4.78 is 31.4. The first kappa shape index (κ1) is 22.1. The number of carboxylic acid groups (broad SMARTS) is 1. The Hall–Kier alpha value is -3.18. The van der Waals surface area contributed by atoms with Crippen molar-refractivity contribution in [3.05, 3.63) is 75.1 Å². The third-order valence-electron chi connectivity index (χ3n) is 4.16. The zero-order valence-corrected chi connectivity index (χ0v) is 17.3. The summed E-state index contributed by atoms with van der Waals surface area (Å²) in [6, 6.07) is 5.37. The van der Waals surface area contributed by atoms with Crippen LogP contribution in [-0.4, -0.2) is 32.1 Å². The molecule has 1 aliphatic heterocycles. The third-order valence-corrected chi connectivity index (χ3v) is 6.40. The van der Waals surface area contributed by atoms with Crippen LogP contribution < -0.4 is 0 Å². The van der Waals surface area contributed by atoms with Crippen LogP contribution in [0.5, 0.6) is 0 Å². The molecular weight excluding hydrogens is 394 g/mol. The Balaban J connectivity index is 2.80. The summed E-state index contributed by atoms with van der Waals surface area (Å²) in [6.07, 6.45) is 2.58. The van der Waals surface area contributed by atoms with Gasteiger partial charge in [-0.3, -0.25) is 4.79 Å². The number of benzene rings is 1. The van der Waals surface area contributed by atoms with E-state index < -0.39 is 27.2 Å². The Labute approximate surface area is 169 Å². The van der Waals surface area contributed by atoms with Crippen molar-refractivity contribution in [2.75, 3.05) is 6.61 Å². The molecule has 0 unspecified atom stereocenters. The van der Waals surface area contributed by atoms with Gasteiger partial charge >= 0.3 is 11.9 Å². The monoisotopic (exact) mass is 415 g/mol. The van der Waals surface area contributed by atoms with Crippen LogP contribution in [0.1, 0.15) is 43.6 Å². The maximum atomic E-state index is 13.3. The van der Waals surface area contributed by atoms with Gasteiger partial charge in [-0.15, -0.1) is 0 Å². The summed E-state index contributed by atoms with van der Waals surface area (Å²) in [5.74, 6) is -1.97. The summed E-state index contributed by atoms with van der Waals surface area (Å²) in [7, 11) is -3.94. The lowest BCUT2D eigenvalue weighted by molar-refractivity contribution is -0.138. The summed E-state index contributed by atoms with van der Waals surface area (Å²) in [6.45, 7) is 14.2. The number of carboxylic acids is 1. The summed E-state index contributed by atoms with van der Waals surface area (Å²) >= 11 is 0. The van der Waals surface area contributed by atoms with Crippen LogP contribution in [0.25, 0.3) is 9.75 Å². The van der Waals surface area contributed by atoms with Gasteiger partial charge in [0.25, 0.3) is 5.70 Å².